The molecular weight excluding hydrogens is 468 g/mol. The molecular formula is C25H23ClN6OS. The number of hydrogen-bond acceptors (Lipinski definition) is 6. The molecule has 0 saturated heterocycles. The highest BCUT2D eigenvalue weighted by Crippen LogP contribution is 2.28. The average Bonchev–Trinajstić information content (AvgIpc) is 3.28. The number of halogens is 1. The van der Waals surface area contributed by atoms with Gasteiger partial charge in [-0.05, 0) is 42.0 Å². The third-order valence-corrected chi connectivity index (χ3v) is 6.08. The predicted molar refractivity (Wildman–Crippen MR) is 139 cm³/mol. The minimum atomic E-state index is -0.238. The van der Waals surface area contributed by atoms with Gasteiger partial charge in [-0.2, -0.15) is 5.10 Å². The fourth-order valence-corrected chi connectivity index (χ4v) is 4.03. The minimum absolute atomic E-state index is 0.136. The second-order valence-electron chi connectivity index (χ2n) is 7.55. The SMILES string of the molecule is CN(C)c1ccc(/C=N/NC(=O)CSc2nnc(-c3ccccc3)n2-c2ccc(Cl)cc2)cc1. The Balaban J connectivity index is 1.45. The zero-order valence-electron chi connectivity index (χ0n) is 18.7. The maximum Gasteiger partial charge on any atom is 0.250 e. The molecule has 3 aromatic carbocycles. The van der Waals surface area contributed by atoms with E-state index in [9.17, 15) is 4.79 Å². The molecule has 4 aromatic rings. The Hall–Kier alpha value is -3.62. The normalized spacial score (nSPS) is 11.0. The van der Waals surface area contributed by atoms with Crippen LogP contribution in [0.5, 0.6) is 0 Å². The van der Waals surface area contributed by atoms with Gasteiger partial charge in [-0.25, -0.2) is 5.43 Å². The number of thioether (sulfide) groups is 1. The lowest BCUT2D eigenvalue weighted by Crippen LogP contribution is -2.20. The van der Waals surface area contributed by atoms with Gasteiger partial charge < -0.3 is 4.90 Å². The van der Waals surface area contributed by atoms with Crippen LogP contribution in [0.4, 0.5) is 5.69 Å². The number of hydrazone groups is 1. The number of nitrogens with one attached hydrogen (secondary N) is 1. The van der Waals surface area contributed by atoms with Crippen molar-refractivity contribution in [3.05, 3.63) is 89.4 Å². The monoisotopic (exact) mass is 490 g/mol. The Morgan fingerprint density at radius 1 is 1.03 bits per heavy atom. The van der Waals surface area contributed by atoms with E-state index in [1.54, 1.807) is 6.21 Å². The van der Waals surface area contributed by atoms with Crippen molar-refractivity contribution in [3.63, 3.8) is 0 Å². The molecule has 1 heterocycles. The minimum Gasteiger partial charge on any atom is -0.378 e. The molecule has 0 aliphatic heterocycles. The van der Waals surface area contributed by atoms with E-state index >= 15 is 0 Å². The zero-order chi connectivity index (χ0) is 23.9. The molecule has 34 heavy (non-hydrogen) atoms. The molecule has 7 nitrogen and oxygen atoms in total. The number of amides is 1. The van der Waals surface area contributed by atoms with Crippen LogP contribution < -0.4 is 10.3 Å². The lowest BCUT2D eigenvalue weighted by Gasteiger charge is -2.11. The molecule has 4 rings (SSSR count). The Labute approximate surface area is 207 Å². The number of nitrogens with zero attached hydrogens (tertiary/aromatic N) is 5. The topological polar surface area (TPSA) is 75.4 Å². The molecule has 0 atom stereocenters. The van der Waals surface area contributed by atoms with Gasteiger partial charge >= 0.3 is 0 Å². The number of aromatic nitrogens is 3. The number of benzene rings is 3. The summed E-state index contributed by atoms with van der Waals surface area (Å²) in [6, 6.07) is 25.1. The Morgan fingerprint density at radius 3 is 2.41 bits per heavy atom. The summed E-state index contributed by atoms with van der Waals surface area (Å²) in [4.78, 5) is 14.4. The van der Waals surface area contributed by atoms with Gasteiger partial charge in [-0.15, -0.1) is 10.2 Å². The third kappa shape index (κ3) is 5.84. The Bertz CT molecular complexity index is 1270. The molecule has 0 spiro atoms. The van der Waals surface area contributed by atoms with Crippen LogP contribution in [0, 0.1) is 0 Å². The molecule has 0 bridgehead atoms. The van der Waals surface area contributed by atoms with Crippen LogP contribution in [0.1, 0.15) is 5.56 Å². The van der Waals surface area contributed by atoms with Gasteiger partial charge in [0, 0.05) is 36.1 Å². The van der Waals surface area contributed by atoms with Crippen LogP contribution in [0.25, 0.3) is 17.1 Å². The van der Waals surface area contributed by atoms with E-state index in [1.807, 2.05) is 102 Å². The average molecular weight is 491 g/mol. The Morgan fingerprint density at radius 2 is 1.74 bits per heavy atom. The van der Waals surface area contributed by atoms with E-state index in [4.69, 9.17) is 11.6 Å². The van der Waals surface area contributed by atoms with E-state index in [2.05, 4.69) is 20.7 Å². The quantitative estimate of drug-likeness (QED) is 0.216. The number of hydrogen-bond donors (Lipinski definition) is 1. The highest BCUT2D eigenvalue weighted by Gasteiger charge is 2.17. The summed E-state index contributed by atoms with van der Waals surface area (Å²) in [7, 11) is 3.97. The van der Waals surface area contributed by atoms with E-state index in [1.165, 1.54) is 11.8 Å². The van der Waals surface area contributed by atoms with E-state index < -0.39 is 0 Å². The van der Waals surface area contributed by atoms with Gasteiger partial charge in [0.05, 0.1) is 12.0 Å². The highest BCUT2D eigenvalue weighted by atomic mass is 35.5. The Kier molecular flexibility index (Phi) is 7.61. The summed E-state index contributed by atoms with van der Waals surface area (Å²) in [5.41, 5.74) is 6.34. The molecule has 1 aromatic heterocycles. The molecule has 0 aliphatic carbocycles. The lowest BCUT2D eigenvalue weighted by atomic mass is 10.2. The van der Waals surface area contributed by atoms with Crippen molar-refractivity contribution in [3.8, 4) is 17.1 Å². The third-order valence-electron chi connectivity index (χ3n) is 4.89. The van der Waals surface area contributed by atoms with Crippen molar-refractivity contribution < 1.29 is 4.79 Å². The molecule has 1 N–H and O–H groups in total. The van der Waals surface area contributed by atoms with Crippen LogP contribution in [0.2, 0.25) is 5.02 Å². The van der Waals surface area contributed by atoms with Gasteiger partial charge in [0.2, 0.25) is 0 Å². The molecule has 9 heteroatoms. The van der Waals surface area contributed by atoms with Crippen molar-refractivity contribution in [1.82, 2.24) is 20.2 Å². The van der Waals surface area contributed by atoms with E-state index in [0.717, 1.165) is 22.5 Å². The first-order chi connectivity index (χ1) is 16.5. The smallest absolute Gasteiger partial charge is 0.250 e. The number of carbonyl (C=O) groups excluding carboxylic acids is 1. The first-order valence-electron chi connectivity index (χ1n) is 10.5. The predicted octanol–water partition coefficient (Wildman–Crippen LogP) is 4.90. The van der Waals surface area contributed by atoms with Crippen LogP contribution in [0.3, 0.4) is 0 Å². The van der Waals surface area contributed by atoms with Gasteiger partial charge in [0.1, 0.15) is 0 Å². The van der Waals surface area contributed by atoms with Crippen molar-refractivity contribution >= 4 is 41.2 Å². The second kappa shape index (κ2) is 11.0. The summed E-state index contributed by atoms with van der Waals surface area (Å²) < 4.78 is 1.92. The molecule has 0 fully saturated rings. The molecule has 172 valence electrons. The van der Waals surface area contributed by atoms with Crippen LogP contribution in [0.15, 0.2) is 89.1 Å². The largest absolute Gasteiger partial charge is 0.378 e. The lowest BCUT2D eigenvalue weighted by molar-refractivity contribution is -0.118. The van der Waals surface area contributed by atoms with E-state index in [0.29, 0.717) is 16.0 Å². The van der Waals surface area contributed by atoms with Crippen molar-refractivity contribution in [2.75, 3.05) is 24.7 Å². The van der Waals surface area contributed by atoms with Crippen LogP contribution >= 0.6 is 23.4 Å². The van der Waals surface area contributed by atoms with Gasteiger partial charge in [0.25, 0.3) is 5.91 Å². The molecule has 1 amide bonds. The van der Waals surface area contributed by atoms with E-state index in [-0.39, 0.29) is 11.7 Å². The number of anilines is 1. The van der Waals surface area contributed by atoms with Crippen molar-refractivity contribution in [1.29, 1.82) is 0 Å². The second-order valence-corrected chi connectivity index (χ2v) is 8.93. The molecule has 0 unspecified atom stereocenters. The van der Waals surface area contributed by atoms with Gasteiger partial charge in [-0.3, -0.25) is 9.36 Å². The molecule has 0 aliphatic rings. The standard InChI is InChI=1S/C25H23ClN6OS/c1-31(2)21-12-8-18(9-13-21)16-27-28-23(33)17-34-25-30-29-24(19-6-4-3-5-7-19)32(25)22-14-10-20(26)11-15-22/h3-16H,17H2,1-2H3,(H,28,33)/b27-16+. The fraction of sp³-hybridized carbons (Fsp3) is 0.120. The molecule has 0 saturated carbocycles. The van der Waals surface area contributed by atoms with Crippen LogP contribution in [-0.2, 0) is 4.79 Å². The van der Waals surface area contributed by atoms with Gasteiger partial charge in [-0.1, -0.05) is 65.8 Å². The summed E-state index contributed by atoms with van der Waals surface area (Å²) in [5.74, 6) is 0.584. The number of carbonyl (C=O) groups is 1. The first kappa shape index (κ1) is 23.5. The maximum atomic E-state index is 12.4. The first-order valence-corrected chi connectivity index (χ1v) is 11.9. The van der Waals surface area contributed by atoms with Crippen molar-refractivity contribution in [2.45, 2.75) is 5.16 Å². The highest BCUT2D eigenvalue weighted by molar-refractivity contribution is 7.99. The van der Waals surface area contributed by atoms with Crippen LogP contribution in [-0.4, -0.2) is 46.7 Å². The van der Waals surface area contributed by atoms with Crippen molar-refractivity contribution in [2.24, 2.45) is 5.10 Å². The summed E-state index contributed by atoms with van der Waals surface area (Å²) >= 11 is 7.36. The molecule has 0 radical (unpaired) electrons. The summed E-state index contributed by atoms with van der Waals surface area (Å²) in [6.45, 7) is 0. The zero-order valence-corrected chi connectivity index (χ0v) is 20.3. The van der Waals surface area contributed by atoms with Gasteiger partial charge in [0.15, 0.2) is 11.0 Å². The summed E-state index contributed by atoms with van der Waals surface area (Å²) in [5, 5.41) is 14.0. The maximum absolute atomic E-state index is 12.4. The summed E-state index contributed by atoms with van der Waals surface area (Å²) in [6.07, 6.45) is 1.62. The number of rotatable bonds is 8. The fourth-order valence-electron chi connectivity index (χ4n) is 3.16.